The molecule has 23 heavy (non-hydrogen) atoms. The lowest BCUT2D eigenvalue weighted by molar-refractivity contribution is 0.742. The van der Waals surface area contributed by atoms with Crippen LogP contribution >= 0.6 is 0 Å². The predicted molar refractivity (Wildman–Crippen MR) is 96.9 cm³/mol. The van der Waals surface area contributed by atoms with Crippen molar-refractivity contribution in [3.63, 3.8) is 0 Å². The Kier molecular flexibility index (Phi) is 6.03. The number of aryl methyl sites for hydroxylation is 3. The molecule has 0 spiro atoms. The number of rotatable bonds is 6. The van der Waals surface area contributed by atoms with E-state index in [4.69, 9.17) is 0 Å². The number of nitrogens with zero attached hydrogens (tertiary/aromatic N) is 3. The molecule has 0 aromatic heterocycles. The summed E-state index contributed by atoms with van der Waals surface area (Å²) in [6.45, 7) is 6.54. The molecular weight excluding hydrogens is 284 g/mol. The van der Waals surface area contributed by atoms with Gasteiger partial charge in [0.2, 0.25) is 0 Å². The summed E-state index contributed by atoms with van der Waals surface area (Å²) in [4.78, 5) is 0. The van der Waals surface area contributed by atoms with Gasteiger partial charge >= 0.3 is 0 Å². The fourth-order valence-electron chi connectivity index (χ4n) is 2.82. The summed E-state index contributed by atoms with van der Waals surface area (Å²) in [5.41, 5.74) is 10.1. The van der Waals surface area contributed by atoms with Crippen molar-refractivity contribution in [2.24, 2.45) is 15.4 Å². The van der Waals surface area contributed by atoms with Crippen molar-refractivity contribution in [1.29, 1.82) is 0 Å². The van der Waals surface area contributed by atoms with Crippen LogP contribution in [-0.2, 0) is 12.8 Å². The Balaban J connectivity index is 2.48. The number of nitrogens with one attached hydrogen (secondary N) is 1. The number of hydrogen-bond acceptors (Lipinski definition) is 3. The van der Waals surface area contributed by atoms with Gasteiger partial charge in [-0.2, -0.15) is 15.8 Å². The van der Waals surface area contributed by atoms with E-state index in [0.29, 0.717) is 0 Å². The highest BCUT2D eigenvalue weighted by molar-refractivity contribution is 5.91. The van der Waals surface area contributed by atoms with Crippen LogP contribution in [0.15, 0.2) is 51.8 Å². The van der Waals surface area contributed by atoms with E-state index in [-0.39, 0.29) is 0 Å². The second kappa shape index (κ2) is 8.22. The molecule has 2 aromatic rings. The van der Waals surface area contributed by atoms with E-state index in [9.17, 15) is 0 Å². The van der Waals surface area contributed by atoms with Crippen molar-refractivity contribution in [2.45, 2.75) is 33.6 Å². The van der Waals surface area contributed by atoms with E-state index in [0.717, 1.165) is 18.4 Å². The van der Waals surface area contributed by atoms with Crippen molar-refractivity contribution in [2.75, 3.05) is 7.05 Å². The second-order valence-corrected chi connectivity index (χ2v) is 5.39. The molecule has 0 heterocycles. The van der Waals surface area contributed by atoms with Crippen molar-refractivity contribution in [1.82, 2.24) is 5.53 Å². The molecule has 0 radical (unpaired) electrons. The van der Waals surface area contributed by atoms with Gasteiger partial charge in [0, 0.05) is 5.56 Å². The molecule has 0 bridgehead atoms. The van der Waals surface area contributed by atoms with Crippen molar-refractivity contribution in [3.8, 4) is 11.1 Å². The minimum atomic E-state index is 1.05. The first-order valence-electron chi connectivity index (χ1n) is 7.99. The Morgan fingerprint density at radius 1 is 1.04 bits per heavy atom. The number of hydrazone groups is 1. The molecule has 0 fully saturated rings. The number of benzene rings is 2. The number of hydrogen-bond donors (Lipinski definition) is 1. The average Bonchev–Trinajstić information content (AvgIpc) is 2.58. The smallest absolute Gasteiger partial charge is 0.0568 e. The highest BCUT2D eigenvalue weighted by atomic mass is 15.6. The molecule has 0 aliphatic rings. The standard InChI is InChI=1S/C19H24N4/c1-5-15-10-11-17(12-16(15)6-2)19-14(3)8-7-9-18(19)13-21-23-22-20-4/h7-13H,5-6H2,1-4H3,(H,20,23)/b21-13+. The zero-order valence-electron chi connectivity index (χ0n) is 14.3. The van der Waals surface area contributed by atoms with E-state index in [1.54, 1.807) is 13.3 Å². The van der Waals surface area contributed by atoms with E-state index < -0.39 is 0 Å². The Morgan fingerprint density at radius 3 is 2.52 bits per heavy atom. The monoisotopic (exact) mass is 308 g/mol. The van der Waals surface area contributed by atoms with E-state index in [2.05, 4.69) is 72.1 Å². The molecule has 2 rings (SSSR count). The molecule has 2 aromatic carbocycles. The van der Waals surface area contributed by atoms with Crippen LogP contribution in [0.25, 0.3) is 11.1 Å². The van der Waals surface area contributed by atoms with Crippen LogP contribution in [0.4, 0.5) is 0 Å². The van der Waals surface area contributed by atoms with Crippen molar-refractivity contribution >= 4 is 6.21 Å². The first-order chi connectivity index (χ1) is 11.2. The van der Waals surface area contributed by atoms with Crippen LogP contribution in [0.2, 0.25) is 0 Å². The van der Waals surface area contributed by atoms with Gasteiger partial charge in [-0.05, 0) is 47.6 Å². The van der Waals surface area contributed by atoms with Crippen LogP contribution in [-0.4, -0.2) is 13.3 Å². The van der Waals surface area contributed by atoms with Crippen molar-refractivity contribution in [3.05, 3.63) is 58.7 Å². The lowest BCUT2D eigenvalue weighted by atomic mass is 9.91. The van der Waals surface area contributed by atoms with Gasteiger partial charge in [0.1, 0.15) is 0 Å². The minimum Gasteiger partial charge on any atom is -0.179 e. The highest BCUT2D eigenvalue weighted by Gasteiger charge is 2.09. The third-order valence-electron chi connectivity index (χ3n) is 3.97. The lowest BCUT2D eigenvalue weighted by Gasteiger charge is -2.13. The SMILES string of the molecule is CCc1ccc(-c2c(C)cccc2/C=N/NN=NC)cc1CC. The molecule has 120 valence electrons. The van der Waals surface area contributed by atoms with Gasteiger partial charge in [0.05, 0.1) is 13.3 Å². The van der Waals surface area contributed by atoms with E-state index >= 15 is 0 Å². The van der Waals surface area contributed by atoms with Gasteiger partial charge in [-0.25, -0.2) is 0 Å². The van der Waals surface area contributed by atoms with Crippen LogP contribution < -0.4 is 5.53 Å². The maximum Gasteiger partial charge on any atom is 0.0568 e. The Bertz CT molecular complexity index is 717. The third kappa shape index (κ3) is 4.03. The molecule has 0 unspecified atom stereocenters. The molecule has 0 atom stereocenters. The van der Waals surface area contributed by atoms with Gasteiger partial charge in [0.15, 0.2) is 0 Å². The van der Waals surface area contributed by atoms with E-state index in [1.807, 2.05) is 6.07 Å². The maximum atomic E-state index is 4.10. The summed E-state index contributed by atoms with van der Waals surface area (Å²) < 4.78 is 0. The zero-order chi connectivity index (χ0) is 16.7. The van der Waals surface area contributed by atoms with Gasteiger partial charge in [-0.1, -0.05) is 55.5 Å². The van der Waals surface area contributed by atoms with Gasteiger partial charge in [-0.3, -0.25) is 0 Å². The summed E-state index contributed by atoms with van der Waals surface area (Å²) in [5.74, 6) is 0. The van der Waals surface area contributed by atoms with Crippen LogP contribution in [0.5, 0.6) is 0 Å². The normalized spacial score (nSPS) is 11.5. The lowest BCUT2D eigenvalue weighted by Crippen LogP contribution is -1.98. The van der Waals surface area contributed by atoms with Gasteiger partial charge in [0.25, 0.3) is 0 Å². The summed E-state index contributed by atoms with van der Waals surface area (Å²) in [6.07, 6.45) is 3.90. The Hall–Kier alpha value is -2.49. The molecule has 4 nitrogen and oxygen atoms in total. The molecule has 0 saturated heterocycles. The fourth-order valence-corrected chi connectivity index (χ4v) is 2.82. The second-order valence-electron chi connectivity index (χ2n) is 5.39. The predicted octanol–water partition coefficient (Wildman–Crippen LogP) is 4.71. The molecule has 0 amide bonds. The first-order valence-corrected chi connectivity index (χ1v) is 7.99. The molecule has 0 aliphatic carbocycles. The summed E-state index contributed by atoms with van der Waals surface area (Å²) in [5, 5.41) is 11.3. The van der Waals surface area contributed by atoms with Crippen LogP contribution in [0.3, 0.4) is 0 Å². The summed E-state index contributed by atoms with van der Waals surface area (Å²) in [6, 6.07) is 13.0. The molecule has 4 heteroatoms. The molecule has 1 N–H and O–H groups in total. The van der Waals surface area contributed by atoms with Gasteiger partial charge < -0.3 is 0 Å². The van der Waals surface area contributed by atoms with Crippen molar-refractivity contribution < 1.29 is 0 Å². The largest absolute Gasteiger partial charge is 0.179 e. The highest BCUT2D eigenvalue weighted by Crippen LogP contribution is 2.29. The molecule has 0 saturated carbocycles. The fraction of sp³-hybridized carbons (Fsp3) is 0.316. The van der Waals surface area contributed by atoms with Gasteiger partial charge in [-0.15, -0.1) is 0 Å². The minimum absolute atomic E-state index is 1.05. The Labute approximate surface area is 138 Å². The Morgan fingerprint density at radius 2 is 1.83 bits per heavy atom. The molecule has 0 aliphatic heterocycles. The first kappa shape index (κ1) is 16.9. The maximum absolute atomic E-state index is 4.10. The topological polar surface area (TPSA) is 49.1 Å². The van der Waals surface area contributed by atoms with Crippen LogP contribution in [0, 0.1) is 6.92 Å². The average molecular weight is 308 g/mol. The van der Waals surface area contributed by atoms with Crippen LogP contribution in [0.1, 0.15) is 36.1 Å². The summed E-state index contributed by atoms with van der Waals surface area (Å²) >= 11 is 0. The zero-order valence-corrected chi connectivity index (χ0v) is 14.3. The van der Waals surface area contributed by atoms with E-state index in [1.165, 1.54) is 27.8 Å². The quantitative estimate of drug-likeness (QED) is 0.469. The third-order valence-corrected chi connectivity index (χ3v) is 3.97. The summed E-state index contributed by atoms with van der Waals surface area (Å²) in [7, 11) is 1.60. The molecular formula is C19H24N4.